The van der Waals surface area contributed by atoms with Gasteiger partial charge in [0.2, 0.25) is 11.6 Å². The molecule has 1 unspecified atom stereocenters. The van der Waals surface area contributed by atoms with Crippen molar-refractivity contribution in [3.05, 3.63) is 166 Å². The van der Waals surface area contributed by atoms with Crippen LogP contribution in [0.4, 0.5) is 17.1 Å². The summed E-state index contributed by atoms with van der Waals surface area (Å²) in [6.45, 7) is 9.74. The second kappa shape index (κ2) is 21.8. The molecule has 5 aromatic carbocycles. The van der Waals surface area contributed by atoms with Gasteiger partial charge in [0.15, 0.2) is 5.71 Å². The molecule has 0 saturated heterocycles. The van der Waals surface area contributed by atoms with Crippen LogP contribution in [0.2, 0.25) is 0 Å². The maximum Gasteiger partial charge on any atom is 0.264 e. The summed E-state index contributed by atoms with van der Waals surface area (Å²) in [5.41, 5.74) is 13.7. The molecule has 0 spiro atoms. The number of carbonyl (C=O) groups is 3. The Hall–Kier alpha value is -6.63. The third-order valence-electron chi connectivity index (χ3n) is 15.0. The van der Waals surface area contributed by atoms with E-state index in [1.165, 1.54) is 12.2 Å². The first-order valence-corrected chi connectivity index (χ1v) is 29.6. The van der Waals surface area contributed by atoms with Crippen LogP contribution in [0, 0.1) is 5.92 Å². The predicted molar refractivity (Wildman–Crippen MR) is 301 cm³/mol. The van der Waals surface area contributed by atoms with Gasteiger partial charge in [-0.2, -0.15) is 13.0 Å². The zero-order valence-corrected chi connectivity index (χ0v) is 45.6. The minimum absolute atomic E-state index is 0.0162. The summed E-state index contributed by atoms with van der Waals surface area (Å²) >= 11 is 1.57. The number of hydrogen-bond acceptors (Lipinski definition) is 11. The minimum Gasteiger partial charge on any atom is -0.748 e. The van der Waals surface area contributed by atoms with Crippen LogP contribution >= 0.6 is 11.8 Å². The number of carbonyl (C=O) groups excluding carboxylic acids is 3. The van der Waals surface area contributed by atoms with Crippen molar-refractivity contribution < 1.29 is 44.9 Å². The Morgan fingerprint density at radius 1 is 0.763 bits per heavy atom. The molecule has 0 saturated carbocycles. The number of thioether (sulfide) groups is 1. The van der Waals surface area contributed by atoms with E-state index in [4.69, 9.17) is 5.73 Å². The number of allylic oxidation sites excluding steroid dienone is 7. The summed E-state index contributed by atoms with van der Waals surface area (Å²) in [4.78, 5) is 44.7. The highest BCUT2D eigenvalue weighted by molar-refractivity contribution is 8.03. The van der Waals surface area contributed by atoms with Gasteiger partial charge in [-0.1, -0.05) is 92.4 Å². The Kier molecular flexibility index (Phi) is 15.5. The monoisotopic (exact) mass is 1080 g/mol. The lowest BCUT2D eigenvalue weighted by molar-refractivity contribution is -0.438. The first-order valence-electron chi connectivity index (χ1n) is 25.6. The molecular formula is C59H63N5O9S3. The van der Waals surface area contributed by atoms with Crippen LogP contribution in [0.15, 0.2) is 160 Å². The molecule has 0 radical (unpaired) electrons. The zero-order chi connectivity index (χ0) is 54.2. The molecular weight excluding hydrogens is 1020 g/mol. The smallest absolute Gasteiger partial charge is 0.264 e. The van der Waals surface area contributed by atoms with E-state index in [0.717, 1.165) is 81.3 Å². The Morgan fingerprint density at radius 3 is 2.08 bits per heavy atom. The molecule has 1 aliphatic carbocycles. The van der Waals surface area contributed by atoms with Crippen molar-refractivity contribution in [3.63, 3.8) is 0 Å². The summed E-state index contributed by atoms with van der Waals surface area (Å²) in [7, 11) is -8.56. The molecule has 0 fully saturated rings. The van der Waals surface area contributed by atoms with E-state index < -0.39 is 54.6 Å². The molecule has 9 rings (SSSR count). The third-order valence-corrected chi connectivity index (χ3v) is 17.8. The predicted octanol–water partition coefficient (Wildman–Crippen LogP) is 9.61. The van der Waals surface area contributed by atoms with Gasteiger partial charge in [-0.3, -0.25) is 23.8 Å². The molecule has 0 bridgehead atoms. The van der Waals surface area contributed by atoms with Crippen LogP contribution in [-0.4, -0.2) is 96.5 Å². The Labute approximate surface area is 449 Å². The Balaban J connectivity index is 1.18. The zero-order valence-electron chi connectivity index (χ0n) is 43.1. The highest BCUT2D eigenvalue weighted by atomic mass is 32.2. The molecule has 3 amide bonds. The van der Waals surface area contributed by atoms with E-state index >= 15 is 0 Å². The maximum atomic E-state index is 14.6. The van der Waals surface area contributed by atoms with Gasteiger partial charge >= 0.3 is 0 Å². The van der Waals surface area contributed by atoms with Crippen molar-refractivity contribution in [2.24, 2.45) is 5.92 Å². The van der Waals surface area contributed by atoms with E-state index in [-0.39, 0.29) is 37.6 Å². The van der Waals surface area contributed by atoms with Gasteiger partial charge in [0.1, 0.15) is 6.54 Å². The van der Waals surface area contributed by atoms with Gasteiger partial charge in [-0.15, -0.1) is 0 Å². The maximum absolute atomic E-state index is 14.6. The quantitative estimate of drug-likeness (QED) is 0.0232. The van der Waals surface area contributed by atoms with E-state index in [1.807, 2.05) is 48.5 Å². The molecule has 4 N–H and O–H groups in total. The summed E-state index contributed by atoms with van der Waals surface area (Å²) in [5, 5.41) is 7.40. The first-order chi connectivity index (χ1) is 36.1. The second-order valence-electron chi connectivity index (χ2n) is 20.9. The van der Waals surface area contributed by atoms with Crippen LogP contribution in [-0.2, 0) is 45.4 Å². The number of nitrogens with zero attached hydrogens (tertiary/aromatic N) is 3. The highest BCUT2D eigenvalue weighted by Gasteiger charge is 2.46. The number of unbranched alkanes of at least 4 members (excludes halogenated alkanes) is 2. The van der Waals surface area contributed by atoms with Crippen LogP contribution in [0.1, 0.15) is 77.3 Å². The molecule has 4 aliphatic rings. The number of nitrogens with two attached hydrogens (primary N) is 1. The topological polar surface area (TPSA) is 210 Å². The number of hydrogen-bond donors (Lipinski definition) is 3. The third kappa shape index (κ3) is 11.5. The number of nitrogen functional groups attached to an aromatic ring is 1. The van der Waals surface area contributed by atoms with E-state index in [0.29, 0.717) is 44.5 Å². The van der Waals surface area contributed by atoms with Crippen molar-refractivity contribution in [3.8, 4) is 0 Å². The SMILES string of the molecule is CC1(C)C(/C=C/C2=C(Sc3ccc(N)cc3)C(=C/C=C3/N(CCCCS(=O)(=O)O)c4ccc5ccccc5c4C3(C)C)/CC(C(=O)NCCN3C(=O)C=CC3=O)C2)=[N+](CCCCS(=O)(=O)[O-])c2ccc3ccccc3c21. The summed E-state index contributed by atoms with van der Waals surface area (Å²) < 4.78 is 70.5. The fourth-order valence-electron chi connectivity index (χ4n) is 11.4. The summed E-state index contributed by atoms with van der Waals surface area (Å²) in [5.74, 6) is -2.49. The number of anilines is 2. The molecule has 3 aliphatic heterocycles. The van der Waals surface area contributed by atoms with E-state index in [9.17, 15) is 40.3 Å². The molecule has 17 heteroatoms. The van der Waals surface area contributed by atoms with Crippen LogP contribution in [0.3, 0.4) is 0 Å². The molecule has 3 heterocycles. The Bertz CT molecular complexity index is 3580. The van der Waals surface area contributed by atoms with Gasteiger partial charge in [-0.25, -0.2) is 8.42 Å². The van der Waals surface area contributed by atoms with Crippen LogP contribution in [0.5, 0.6) is 0 Å². The highest BCUT2D eigenvalue weighted by Crippen LogP contribution is 2.52. The molecule has 5 aromatic rings. The van der Waals surface area contributed by atoms with E-state index in [1.54, 1.807) is 11.8 Å². The number of imide groups is 1. The van der Waals surface area contributed by atoms with Crippen molar-refractivity contribution in [1.29, 1.82) is 0 Å². The van der Waals surface area contributed by atoms with E-state index in [2.05, 4.69) is 115 Å². The largest absolute Gasteiger partial charge is 0.748 e. The minimum atomic E-state index is -4.40. The lowest BCUT2D eigenvalue weighted by atomic mass is 9.78. The first kappa shape index (κ1) is 54.2. The number of rotatable bonds is 19. The lowest BCUT2D eigenvalue weighted by Crippen LogP contribution is -2.40. The van der Waals surface area contributed by atoms with Gasteiger partial charge in [0, 0.05) is 99.9 Å². The number of fused-ring (bicyclic) bond motifs is 6. The Morgan fingerprint density at radius 2 is 1.41 bits per heavy atom. The number of amides is 3. The summed E-state index contributed by atoms with van der Waals surface area (Å²) in [6, 6.07) is 32.5. The van der Waals surface area contributed by atoms with Gasteiger partial charge in [-0.05, 0) is 127 Å². The molecule has 0 aromatic heterocycles. The van der Waals surface area contributed by atoms with Gasteiger partial charge in [0.25, 0.3) is 21.9 Å². The molecule has 396 valence electrons. The van der Waals surface area contributed by atoms with Crippen LogP contribution in [0.25, 0.3) is 21.5 Å². The molecule has 14 nitrogen and oxygen atoms in total. The molecule has 1 atom stereocenters. The standard InChI is InChI=1S/C59H63N5O9S3/c1-58(2)50(62(32-9-11-35-75(68,69)70)48-25-17-39-13-5-7-15-46(39)54(48)58)27-19-41-37-43(57(67)61-31-34-64-52(65)29-30-53(64)66)38-42(56(41)74-45-23-21-44(60)22-24-45)20-28-51-59(3,4)55-47-16-8-6-14-40(47)18-26-49(55)63(51)33-10-12-36-76(71,72)73/h5-8,13-30,43H,9-12,31-38,60H2,1-4H3,(H2-,61,67,68,69,70,71,72,73). The molecule has 76 heavy (non-hydrogen) atoms. The average molecular weight is 1080 g/mol. The van der Waals surface area contributed by atoms with Crippen molar-refractivity contribution >= 4 is 94.0 Å². The fourth-order valence-corrected chi connectivity index (χ4v) is 13.6. The lowest BCUT2D eigenvalue weighted by Gasteiger charge is -2.29. The fraction of sp³-hybridized carbons (Fsp3) is 0.322. The van der Waals surface area contributed by atoms with Crippen LogP contribution < -0.4 is 16.0 Å². The van der Waals surface area contributed by atoms with Gasteiger partial charge in [0.05, 0.1) is 21.3 Å². The van der Waals surface area contributed by atoms with Gasteiger partial charge < -0.3 is 20.5 Å². The normalized spacial score (nSPS) is 19.4. The van der Waals surface area contributed by atoms with Crippen molar-refractivity contribution in [2.45, 2.75) is 81.9 Å². The second-order valence-corrected chi connectivity index (χ2v) is 25.1. The summed E-state index contributed by atoms with van der Waals surface area (Å²) in [6.07, 6.45) is 12.9. The number of nitrogens with one attached hydrogen (secondary N) is 1. The average Bonchev–Trinajstić information content (AvgIpc) is 3.97. The number of benzene rings is 5. The van der Waals surface area contributed by atoms with Crippen molar-refractivity contribution in [1.82, 2.24) is 10.2 Å². The van der Waals surface area contributed by atoms with Crippen molar-refractivity contribution in [2.75, 3.05) is 48.3 Å².